The molecule has 5 nitrogen and oxygen atoms in total. The molecular weight excluding hydrogens is 256 g/mol. The van der Waals surface area contributed by atoms with Crippen LogP contribution < -0.4 is 5.32 Å². The standard InChI is InChI=1S/C15H22N2O3/c1-17-6-2-3-11(8-17)16-14(18)12-9-4-5-10(7-9)13(12)15(19)20/h4-5,9-13H,2-3,6-8H2,1H3,(H,16,18)(H,19,20). The van der Waals surface area contributed by atoms with E-state index in [-0.39, 0.29) is 29.7 Å². The van der Waals surface area contributed by atoms with Gasteiger partial charge in [-0.25, -0.2) is 0 Å². The highest BCUT2D eigenvalue weighted by Gasteiger charge is 2.51. The molecular formula is C15H22N2O3. The number of fused-ring (bicyclic) bond motifs is 2. The Morgan fingerprint density at radius 2 is 1.95 bits per heavy atom. The third kappa shape index (κ3) is 2.35. The predicted molar refractivity (Wildman–Crippen MR) is 74.0 cm³/mol. The van der Waals surface area contributed by atoms with Crippen molar-refractivity contribution in [3.63, 3.8) is 0 Å². The number of carboxylic acid groups (broad SMARTS) is 1. The fraction of sp³-hybridized carbons (Fsp3) is 0.733. The van der Waals surface area contributed by atoms with Crippen LogP contribution in [0.4, 0.5) is 0 Å². The van der Waals surface area contributed by atoms with Crippen LogP contribution in [0.25, 0.3) is 0 Å². The van der Waals surface area contributed by atoms with E-state index in [0.29, 0.717) is 0 Å². The Balaban J connectivity index is 1.67. The number of rotatable bonds is 3. The smallest absolute Gasteiger partial charge is 0.307 e. The summed E-state index contributed by atoms with van der Waals surface area (Å²) in [7, 11) is 2.05. The molecule has 2 fully saturated rings. The van der Waals surface area contributed by atoms with Crippen molar-refractivity contribution < 1.29 is 14.7 Å². The molecule has 0 spiro atoms. The monoisotopic (exact) mass is 278 g/mol. The van der Waals surface area contributed by atoms with Crippen molar-refractivity contribution in [2.75, 3.05) is 20.1 Å². The Morgan fingerprint density at radius 1 is 1.25 bits per heavy atom. The average Bonchev–Trinajstić information content (AvgIpc) is 2.98. The average molecular weight is 278 g/mol. The number of aliphatic carboxylic acids is 1. The highest BCUT2D eigenvalue weighted by Crippen LogP contribution is 2.48. The van der Waals surface area contributed by atoms with E-state index in [9.17, 15) is 14.7 Å². The maximum absolute atomic E-state index is 12.5. The first-order valence-corrected chi connectivity index (χ1v) is 7.46. The lowest BCUT2D eigenvalue weighted by atomic mass is 9.82. The third-order valence-corrected chi connectivity index (χ3v) is 5.02. The SMILES string of the molecule is CN1CCCC(NC(=O)C2C3C=CC(C3)C2C(=O)O)C1. The van der Waals surface area contributed by atoms with E-state index in [0.717, 1.165) is 32.4 Å². The first-order valence-electron chi connectivity index (χ1n) is 7.46. The molecule has 1 saturated heterocycles. The molecule has 2 aliphatic carbocycles. The number of nitrogens with zero attached hydrogens (tertiary/aromatic N) is 1. The van der Waals surface area contributed by atoms with Gasteiger partial charge < -0.3 is 15.3 Å². The van der Waals surface area contributed by atoms with Crippen molar-refractivity contribution in [2.24, 2.45) is 23.7 Å². The fourth-order valence-electron chi connectivity index (χ4n) is 4.10. The highest BCUT2D eigenvalue weighted by molar-refractivity contribution is 5.87. The molecule has 20 heavy (non-hydrogen) atoms. The number of carboxylic acids is 1. The minimum Gasteiger partial charge on any atom is -0.481 e. The first-order chi connectivity index (χ1) is 9.56. The quantitative estimate of drug-likeness (QED) is 0.746. The molecule has 1 saturated carbocycles. The summed E-state index contributed by atoms with van der Waals surface area (Å²) in [5.74, 6) is -1.65. The molecule has 1 heterocycles. The first kappa shape index (κ1) is 13.6. The number of piperidine rings is 1. The van der Waals surface area contributed by atoms with E-state index in [1.165, 1.54) is 0 Å². The Labute approximate surface area is 119 Å². The van der Waals surface area contributed by atoms with Crippen molar-refractivity contribution in [1.29, 1.82) is 0 Å². The Bertz CT molecular complexity index is 448. The number of hydrogen-bond acceptors (Lipinski definition) is 3. The van der Waals surface area contributed by atoms with E-state index >= 15 is 0 Å². The molecule has 3 rings (SSSR count). The van der Waals surface area contributed by atoms with E-state index in [1.54, 1.807) is 0 Å². The van der Waals surface area contributed by atoms with Gasteiger partial charge in [-0.2, -0.15) is 0 Å². The number of likely N-dealkylation sites (tertiary alicyclic amines) is 1. The number of likely N-dealkylation sites (N-methyl/N-ethyl adjacent to an activating group) is 1. The van der Waals surface area contributed by atoms with Crippen molar-refractivity contribution in [1.82, 2.24) is 10.2 Å². The molecule has 5 heteroatoms. The summed E-state index contributed by atoms with van der Waals surface area (Å²) >= 11 is 0. The van der Waals surface area contributed by atoms with Crippen LogP contribution in [0.15, 0.2) is 12.2 Å². The van der Waals surface area contributed by atoms with E-state index < -0.39 is 11.9 Å². The second kappa shape index (κ2) is 5.20. The van der Waals surface area contributed by atoms with Gasteiger partial charge in [-0.15, -0.1) is 0 Å². The molecule has 3 aliphatic rings. The zero-order chi connectivity index (χ0) is 14.3. The summed E-state index contributed by atoms with van der Waals surface area (Å²) in [6.45, 7) is 1.93. The zero-order valence-electron chi connectivity index (χ0n) is 11.8. The summed E-state index contributed by atoms with van der Waals surface area (Å²) < 4.78 is 0. The largest absolute Gasteiger partial charge is 0.481 e. The second-order valence-electron chi connectivity index (χ2n) is 6.45. The topological polar surface area (TPSA) is 69.6 Å². The van der Waals surface area contributed by atoms with Crippen molar-refractivity contribution >= 4 is 11.9 Å². The van der Waals surface area contributed by atoms with Crippen LogP contribution >= 0.6 is 0 Å². The molecule has 5 atom stereocenters. The van der Waals surface area contributed by atoms with Crippen LogP contribution in [-0.4, -0.2) is 48.1 Å². The lowest BCUT2D eigenvalue weighted by Crippen LogP contribution is -2.50. The van der Waals surface area contributed by atoms with Gasteiger partial charge in [-0.3, -0.25) is 9.59 Å². The minimum absolute atomic E-state index is 0.0438. The van der Waals surface area contributed by atoms with Crippen molar-refractivity contribution in [3.05, 3.63) is 12.2 Å². The van der Waals surface area contributed by atoms with Crippen LogP contribution in [0.1, 0.15) is 19.3 Å². The number of carbonyl (C=O) groups excluding carboxylic acids is 1. The molecule has 0 radical (unpaired) electrons. The van der Waals surface area contributed by atoms with Gasteiger partial charge in [0.05, 0.1) is 11.8 Å². The van der Waals surface area contributed by atoms with Crippen LogP contribution in [0.5, 0.6) is 0 Å². The maximum Gasteiger partial charge on any atom is 0.307 e. The molecule has 5 unspecified atom stereocenters. The van der Waals surface area contributed by atoms with Crippen LogP contribution in [0, 0.1) is 23.7 Å². The Hall–Kier alpha value is -1.36. The molecule has 110 valence electrons. The normalized spacial score (nSPS) is 40.0. The van der Waals surface area contributed by atoms with E-state index in [1.807, 2.05) is 12.2 Å². The molecule has 1 amide bonds. The molecule has 0 aromatic rings. The van der Waals surface area contributed by atoms with Gasteiger partial charge in [0.1, 0.15) is 0 Å². The van der Waals surface area contributed by atoms with Gasteiger partial charge in [-0.05, 0) is 44.7 Å². The number of allylic oxidation sites excluding steroid dienone is 2. The summed E-state index contributed by atoms with van der Waals surface area (Å²) in [6, 6.07) is 0.166. The number of amides is 1. The van der Waals surface area contributed by atoms with Gasteiger partial charge in [0.25, 0.3) is 0 Å². The number of hydrogen-bond donors (Lipinski definition) is 2. The number of carbonyl (C=O) groups is 2. The highest BCUT2D eigenvalue weighted by atomic mass is 16.4. The molecule has 1 aliphatic heterocycles. The Morgan fingerprint density at radius 3 is 2.60 bits per heavy atom. The van der Waals surface area contributed by atoms with E-state index in [4.69, 9.17) is 0 Å². The van der Waals surface area contributed by atoms with Crippen molar-refractivity contribution in [2.45, 2.75) is 25.3 Å². The lowest BCUT2D eigenvalue weighted by Gasteiger charge is -2.32. The summed E-state index contributed by atoms with van der Waals surface area (Å²) in [5, 5.41) is 12.5. The van der Waals surface area contributed by atoms with Gasteiger partial charge in [0, 0.05) is 12.6 Å². The van der Waals surface area contributed by atoms with Gasteiger partial charge in [0.2, 0.25) is 5.91 Å². The molecule has 2 bridgehead atoms. The summed E-state index contributed by atoms with van der Waals surface area (Å²) in [6.07, 6.45) is 6.90. The van der Waals surface area contributed by atoms with Crippen LogP contribution in [-0.2, 0) is 9.59 Å². The number of nitrogens with one attached hydrogen (secondary N) is 1. The molecule has 0 aromatic heterocycles. The fourth-order valence-corrected chi connectivity index (χ4v) is 4.10. The maximum atomic E-state index is 12.5. The van der Waals surface area contributed by atoms with E-state index in [2.05, 4.69) is 17.3 Å². The lowest BCUT2D eigenvalue weighted by molar-refractivity contribution is -0.148. The second-order valence-corrected chi connectivity index (χ2v) is 6.45. The zero-order valence-corrected chi connectivity index (χ0v) is 11.8. The predicted octanol–water partition coefficient (Wildman–Crippen LogP) is 0.720. The minimum atomic E-state index is -0.831. The Kier molecular flexibility index (Phi) is 3.54. The van der Waals surface area contributed by atoms with Gasteiger partial charge in [0.15, 0.2) is 0 Å². The third-order valence-electron chi connectivity index (χ3n) is 5.02. The molecule has 2 N–H and O–H groups in total. The van der Waals surface area contributed by atoms with Crippen molar-refractivity contribution in [3.8, 4) is 0 Å². The summed E-state index contributed by atoms with van der Waals surface area (Å²) in [4.78, 5) is 26.1. The summed E-state index contributed by atoms with van der Waals surface area (Å²) in [5.41, 5.74) is 0. The van der Waals surface area contributed by atoms with Crippen LogP contribution in [0.2, 0.25) is 0 Å². The molecule has 0 aromatic carbocycles. The van der Waals surface area contributed by atoms with Gasteiger partial charge >= 0.3 is 5.97 Å². The van der Waals surface area contributed by atoms with Gasteiger partial charge in [-0.1, -0.05) is 12.2 Å². The van der Waals surface area contributed by atoms with Crippen LogP contribution in [0.3, 0.4) is 0 Å².